The van der Waals surface area contributed by atoms with E-state index >= 15 is 13.6 Å². The summed E-state index contributed by atoms with van der Waals surface area (Å²) in [6.45, 7) is 12.8. The van der Waals surface area contributed by atoms with E-state index in [1.54, 1.807) is 58.6 Å². The molecular formula is C51H54F2N10O6. The van der Waals surface area contributed by atoms with Gasteiger partial charge in [0.25, 0.3) is 5.91 Å². The smallest absolute Gasteiger partial charge is 0.381 e. The van der Waals surface area contributed by atoms with Crippen LogP contribution in [0.15, 0.2) is 81.2 Å². The number of carbonyl (C=O) groups excluding carboxylic acids is 1. The highest BCUT2D eigenvalue weighted by Crippen LogP contribution is 2.56. The molecule has 16 nitrogen and oxygen atoms in total. The van der Waals surface area contributed by atoms with Crippen molar-refractivity contribution >= 4 is 27.7 Å². The summed E-state index contributed by atoms with van der Waals surface area (Å²) in [7, 11) is 0. The molecule has 2 fully saturated rings. The number of fused-ring (bicyclic) bond motifs is 3. The van der Waals surface area contributed by atoms with Crippen molar-refractivity contribution in [3.05, 3.63) is 139 Å². The number of ether oxygens (including phenoxy) is 2. The molecular weight excluding hydrogens is 887 g/mol. The average molecular weight is 941 g/mol. The molecule has 3 aromatic carbocycles. The van der Waals surface area contributed by atoms with Crippen molar-refractivity contribution in [2.24, 2.45) is 5.92 Å². The van der Waals surface area contributed by atoms with Crippen LogP contribution in [0.2, 0.25) is 0 Å². The van der Waals surface area contributed by atoms with Crippen LogP contribution in [0.4, 0.5) is 8.78 Å². The fourth-order valence-electron chi connectivity index (χ4n) is 11.0. The number of H-pyrrole nitrogens is 1. The molecule has 1 saturated heterocycles. The Kier molecular flexibility index (Phi) is 11.1. The third kappa shape index (κ3) is 7.28. The Labute approximate surface area is 395 Å². The lowest BCUT2D eigenvalue weighted by molar-refractivity contribution is 0.0663. The first-order valence-electron chi connectivity index (χ1n) is 23.9. The van der Waals surface area contributed by atoms with Gasteiger partial charge in [-0.15, -0.1) is 0 Å². The maximum absolute atomic E-state index is 16.6. The van der Waals surface area contributed by atoms with Crippen molar-refractivity contribution in [2.75, 3.05) is 33.0 Å². The van der Waals surface area contributed by atoms with Gasteiger partial charge in [0.15, 0.2) is 11.6 Å². The summed E-state index contributed by atoms with van der Waals surface area (Å²) in [5, 5.41) is 14.9. The van der Waals surface area contributed by atoms with Crippen LogP contribution in [0.25, 0.3) is 39.0 Å². The maximum Gasteiger partial charge on any atom is 0.438 e. The van der Waals surface area contributed by atoms with Gasteiger partial charge in [0, 0.05) is 74.8 Å². The van der Waals surface area contributed by atoms with Gasteiger partial charge in [0.2, 0.25) is 0 Å². The number of aryl methyl sites for hydroxylation is 3. The van der Waals surface area contributed by atoms with Crippen molar-refractivity contribution in [1.82, 2.24) is 48.3 Å². The number of halogens is 2. The molecule has 69 heavy (non-hydrogen) atoms. The number of carbonyl (C=O) groups is 1. The molecule has 1 amide bonds. The Morgan fingerprint density at radius 3 is 2.43 bits per heavy atom. The molecule has 3 atom stereocenters. The van der Waals surface area contributed by atoms with E-state index in [-0.39, 0.29) is 28.7 Å². The van der Waals surface area contributed by atoms with Gasteiger partial charge < -0.3 is 18.9 Å². The average Bonchev–Trinajstić information content (AvgIpc) is 4.00. The van der Waals surface area contributed by atoms with E-state index in [1.807, 2.05) is 17.6 Å². The number of rotatable bonds is 13. The predicted octanol–water partition coefficient (Wildman–Crippen LogP) is 7.94. The Morgan fingerprint density at radius 1 is 0.957 bits per heavy atom. The van der Waals surface area contributed by atoms with Gasteiger partial charge in [0.1, 0.15) is 22.9 Å². The van der Waals surface area contributed by atoms with Gasteiger partial charge in [-0.2, -0.15) is 10.2 Å². The largest absolute Gasteiger partial charge is 0.438 e. The number of aromatic amines is 1. The van der Waals surface area contributed by atoms with Crippen LogP contribution >= 0.6 is 0 Å². The molecule has 7 heterocycles. The summed E-state index contributed by atoms with van der Waals surface area (Å²) in [6.07, 6.45) is 8.95. The Morgan fingerprint density at radius 2 is 1.71 bits per heavy atom. The number of aromatic nitrogens is 9. The molecule has 0 radical (unpaired) electrons. The lowest BCUT2D eigenvalue weighted by atomic mass is 9.91. The molecule has 2 aliphatic heterocycles. The van der Waals surface area contributed by atoms with E-state index in [1.165, 1.54) is 27.1 Å². The normalized spacial score (nSPS) is 19.6. The van der Waals surface area contributed by atoms with Crippen molar-refractivity contribution in [1.29, 1.82) is 0 Å². The lowest BCUT2D eigenvalue weighted by Gasteiger charge is -2.34. The first-order valence-corrected chi connectivity index (χ1v) is 23.9. The summed E-state index contributed by atoms with van der Waals surface area (Å²) in [5.41, 5.74) is 4.22. The molecule has 0 unspecified atom stereocenters. The number of benzene rings is 3. The van der Waals surface area contributed by atoms with E-state index in [0.29, 0.717) is 116 Å². The number of amides is 1. The van der Waals surface area contributed by atoms with E-state index in [0.717, 1.165) is 30.2 Å². The summed E-state index contributed by atoms with van der Waals surface area (Å²) < 4.78 is 56.2. The molecule has 1 saturated carbocycles. The van der Waals surface area contributed by atoms with Crippen molar-refractivity contribution in [3.8, 4) is 17.2 Å². The maximum atomic E-state index is 16.6. The molecule has 1 aliphatic carbocycles. The minimum absolute atomic E-state index is 0.00136. The molecule has 3 aliphatic rings. The number of imidazole rings is 1. The molecule has 358 valence electrons. The lowest BCUT2D eigenvalue weighted by Crippen LogP contribution is -2.41. The summed E-state index contributed by atoms with van der Waals surface area (Å²) in [4.78, 5) is 47.4. The van der Waals surface area contributed by atoms with Gasteiger partial charge in [-0.05, 0) is 124 Å². The third-order valence-corrected chi connectivity index (χ3v) is 14.6. The van der Waals surface area contributed by atoms with Crippen LogP contribution in [-0.4, -0.2) is 87.2 Å². The van der Waals surface area contributed by atoms with E-state index < -0.39 is 28.8 Å². The van der Waals surface area contributed by atoms with Gasteiger partial charge in [-0.25, -0.2) is 23.1 Å². The number of nitrogens with one attached hydrogen (secondary N) is 1. The van der Waals surface area contributed by atoms with Gasteiger partial charge in [0.05, 0.1) is 40.2 Å². The Hall–Kier alpha value is -6.92. The van der Waals surface area contributed by atoms with Crippen molar-refractivity contribution in [2.45, 2.75) is 97.2 Å². The van der Waals surface area contributed by atoms with Crippen molar-refractivity contribution in [3.63, 3.8) is 0 Å². The highest BCUT2D eigenvalue weighted by molar-refractivity contribution is 6.00. The zero-order valence-electron chi connectivity index (χ0n) is 39.3. The van der Waals surface area contributed by atoms with Crippen molar-refractivity contribution < 1.29 is 27.6 Å². The van der Waals surface area contributed by atoms with Crippen LogP contribution in [0.5, 0.6) is 0 Å². The molecule has 11 rings (SSSR count). The van der Waals surface area contributed by atoms with Crippen LogP contribution in [-0.2, 0) is 28.0 Å². The van der Waals surface area contributed by atoms with Crippen LogP contribution in [0.1, 0.15) is 109 Å². The SMILES string of the molecule is CCCOCCCn1ncc2c(F)c(-n3ccn(-c4c5c(nn4-c4cc(C)c(F)c(C)c4)CCN(C(=O)c4cc6cc(C7CCOCC7)ccc6n4[C@@]4(c6noc(=O)[nH]6)C[C@@H]4C)[C@H]5C)c3=O)ccc21. The molecule has 18 heteroatoms. The summed E-state index contributed by atoms with van der Waals surface area (Å²) in [6, 6.07) is 14.3. The second-order valence-corrected chi connectivity index (χ2v) is 18.9. The topological polar surface area (TPSA) is 165 Å². The van der Waals surface area contributed by atoms with Crippen LogP contribution in [0.3, 0.4) is 0 Å². The standard InChI is InChI=1S/C51H54F2N10O6/c1-6-19-67-20-7-15-61-40-10-11-41(45(53)37(40)28-54-61)59-17-18-60(50(59)66)46-43-32(5)58(16-12-38(43)56-63(46)36-23-29(2)44(52)30(3)24-36)47(64)42-26-35-25-34(33-13-21-68-22-14-33)8-9-39(35)62(42)51(27-31(51)4)48-55-49(65)69-57-48/h8-11,17-18,23-26,28,31-33H,6-7,12-16,19-22,27H2,1-5H3,(H,55,57,65)/t31-,32-,51-/m0/s1. The first-order chi connectivity index (χ1) is 33.4. The fraction of sp³-hybridized carbons (Fsp3) is 0.412. The molecule has 8 aromatic rings. The third-order valence-electron chi connectivity index (χ3n) is 14.6. The molecule has 0 bridgehead atoms. The second kappa shape index (κ2) is 17.2. The molecule has 0 spiro atoms. The van der Waals surface area contributed by atoms with E-state index in [2.05, 4.69) is 47.3 Å². The zero-order chi connectivity index (χ0) is 47.9. The number of hydrogen-bond donors (Lipinski definition) is 1. The predicted molar refractivity (Wildman–Crippen MR) is 253 cm³/mol. The number of nitrogens with zero attached hydrogens (tertiary/aromatic N) is 9. The van der Waals surface area contributed by atoms with Gasteiger partial charge in [-0.1, -0.05) is 25.1 Å². The highest BCUT2D eigenvalue weighted by Gasteiger charge is 2.59. The van der Waals surface area contributed by atoms with E-state index in [9.17, 15) is 9.59 Å². The second-order valence-electron chi connectivity index (χ2n) is 18.9. The quantitative estimate of drug-likeness (QED) is 0.113. The minimum atomic E-state index is -0.853. The molecule has 1 N–H and O–H groups in total. The van der Waals surface area contributed by atoms with Gasteiger partial charge >= 0.3 is 11.4 Å². The zero-order valence-corrected chi connectivity index (χ0v) is 39.3. The monoisotopic (exact) mass is 940 g/mol. The Bertz CT molecular complexity index is 3400. The Balaban J connectivity index is 1.01. The minimum Gasteiger partial charge on any atom is -0.381 e. The summed E-state index contributed by atoms with van der Waals surface area (Å²) >= 11 is 0. The fourth-order valence-corrected chi connectivity index (χ4v) is 11.0. The summed E-state index contributed by atoms with van der Waals surface area (Å²) in [5.74, 6) is -0.869. The highest BCUT2D eigenvalue weighted by atomic mass is 19.1. The van der Waals surface area contributed by atoms with E-state index in [4.69, 9.17) is 19.1 Å². The van der Waals surface area contributed by atoms with Gasteiger partial charge in [-0.3, -0.25) is 28.1 Å². The van der Waals surface area contributed by atoms with Crippen LogP contribution in [0, 0.1) is 31.4 Å². The number of hydrogen-bond acceptors (Lipinski definition) is 9. The van der Waals surface area contributed by atoms with Crippen LogP contribution < -0.4 is 11.4 Å². The molecule has 5 aromatic heterocycles. The first kappa shape index (κ1) is 44.6.